The van der Waals surface area contributed by atoms with Crippen molar-refractivity contribution in [1.29, 1.82) is 0 Å². The Balaban J connectivity index is 0.00000625. The summed E-state index contributed by atoms with van der Waals surface area (Å²) in [6.45, 7) is 9.64. The van der Waals surface area contributed by atoms with Crippen molar-refractivity contribution in [3.05, 3.63) is 35.4 Å². The first-order chi connectivity index (χ1) is 12.1. The minimum absolute atomic E-state index is 0. The SMILES string of the molecule is CCNC(=NCc1cccc(COC)c1)NCC(CCO)CC(C)C.I. The first kappa shape index (κ1) is 25.1. The number of nitrogens with one attached hydrogen (secondary N) is 2. The van der Waals surface area contributed by atoms with Crippen LogP contribution in [0, 0.1) is 11.8 Å². The summed E-state index contributed by atoms with van der Waals surface area (Å²) in [5.74, 6) is 1.91. The molecule has 0 saturated carbocycles. The van der Waals surface area contributed by atoms with Gasteiger partial charge in [0.05, 0.1) is 13.2 Å². The number of aliphatic imine (C=N–C) groups is 1. The van der Waals surface area contributed by atoms with Gasteiger partial charge in [-0.25, -0.2) is 4.99 Å². The molecule has 0 saturated heterocycles. The summed E-state index contributed by atoms with van der Waals surface area (Å²) in [7, 11) is 1.71. The van der Waals surface area contributed by atoms with Gasteiger partial charge in [-0.2, -0.15) is 0 Å². The van der Waals surface area contributed by atoms with Gasteiger partial charge >= 0.3 is 0 Å². The zero-order valence-electron chi connectivity index (χ0n) is 16.6. The molecule has 0 spiro atoms. The quantitative estimate of drug-likeness (QED) is 0.259. The van der Waals surface area contributed by atoms with Gasteiger partial charge in [0.2, 0.25) is 0 Å². The maximum Gasteiger partial charge on any atom is 0.191 e. The Labute approximate surface area is 176 Å². The molecule has 0 aliphatic rings. The highest BCUT2D eigenvalue weighted by Gasteiger charge is 2.11. The van der Waals surface area contributed by atoms with Crippen molar-refractivity contribution in [3.63, 3.8) is 0 Å². The predicted molar refractivity (Wildman–Crippen MR) is 120 cm³/mol. The highest BCUT2D eigenvalue weighted by molar-refractivity contribution is 14.0. The van der Waals surface area contributed by atoms with Crippen molar-refractivity contribution in [2.45, 2.75) is 46.8 Å². The molecule has 6 heteroatoms. The smallest absolute Gasteiger partial charge is 0.191 e. The number of guanidine groups is 1. The van der Waals surface area contributed by atoms with Crippen molar-refractivity contribution in [2.75, 3.05) is 26.8 Å². The summed E-state index contributed by atoms with van der Waals surface area (Å²) in [6, 6.07) is 8.31. The molecular formula is C20H36IN3O2. The van der Waals surface area contributed by atoms with Crippen LogP contribution >= 0.6 is 24.0 Å². The number of ether oxygens (including phenoxy) is 1. The van der Waals surface area contributed by atoms with Crippen LogP contribution in [0.2, 0.25) is 0 Å². The fourth-order valence-electron chi connectivity index (χ4n) is 2.89. The Bertz CT molecular complexity index is 510. The topological polar surface area (TPSA) is 65.9 Å². The number of rotatable bonds is 11. The van der Waals surface area contributed by atoms with E-state index >= 15 is 0 Å². The molecule has 150 valence electrons. The first-order valence-corrected chi connectivity index (χ1v) is 9.28. The number of hydrogen-bond donors (Lipinski definition) is 3. The van der Waals surface area contributed by atoms with Crippen LogP contribution in [0.4, 0.5) is 0 Å². The van der Waals surface area contributed by atoms with Crippen molar-refractivity contribution in [1.82, 2.24) is 10.6 Å². The lowest BCUT2D eigenvalue weighted by Gasteiger charge is -2.20. The monoisotopic (exact) mass is 477 g/mol. The molecule has 0 fully saturated rings. The van der Waals surface area contributed by atoms with E-state index in [9.17, 15) is 5.11 Å². The van der Waals surface area contributed by atoms with E-state index < -0.39 is 0 Å². The van der Waals surface area contributed by atoms with Crippen LogP contribution in [-0.2, 0) is 17.9 Å². The lowest BCUT2D eigenvalue weighted by Crippen LogP contribution is -2.40. The van der Waals surface area contributed by atoms with Gasteiger partial charge in [-0.05, 0) is 42.7 Å². The average Bonchev–Trinajstić information content (AvgIpc) is 2.57. The fourth-order valence-corrected chi connectivity index (χ4v) is 2.89. The minimum Gasteiger partial charge on any atom is -0.396 e. The number of nitrogens with zero attached hydrogens (tertiary/aromatic N) is 1. The third-order valence-corrected chi connectivity index (χ3v) is 3.97. The second-order valence-corrected chi connectivity index (χ2v) is 6.84. The van der Waals surface area contributed by atoms with Crippen LogP contribution in [0.15, 0.2) is 29.3 Å². The van der Waals surface area contributed by atoms with Crippen molar-refractivity contribution in [2.24, 2.45) is 16.8 Å². The van der Waals surface area contributed by atoms with Gasteiger partial charge in [-0.15, -0.1) is 24.0 Å². The van der Waals surface area contributed by atoms with E-state index in [1.54, 1.807) is 7.11 Å². The molecule has 26 heavy (non-hydrogen) atoms. The van der Waals surface area contributed by atoms with E-state index in [0.717, 1.165) is 37.5 Å². The highest BCUT2D eigenvalue weighted by Crippen LogP contribution is 2.14. The van der Waals surface area contributed by atoms with Crippen molar-refractivity contribution >= 4 is 29.9 Å². The van der Waals surface area contributed by atoms with Crippen molar-refractivity contribution < 1.29 is 9.84 Å². The molecule has 1 atom stereocenters. The maximum absolute atomic E-state index is 9.26. The molecule has 0 bridgehead atoms. The third-order valence-electron chi connectivity index (χ3n) is 3.97. The zero-order valence-corrected chi connectivity index (χ0v) is 19.0. The molecule has 0 aliphatic heterocycles. The third kappa shape index (κ3) is 11.0. The summed E-state index contributed by atoms with van der Waals surface area (Å²) >= 11 is 0. The molecular weight excluding hydrogens is 441 g/mol. The van der Waals surface area contributed by atoms with Crippen LogP contribution in [0.3, 0.4) is 0 Å². The van der Waals surface area contributed by atoms with E-state index in [2.05, 4.69) is 54.6 Å². The Morgan fingerprint density at radius 3 is 2.58 bits per heavy atom. The maximum atomic E-state index is 9.26. The molecule has 0 aliphatic carbocycles. The molecule has 0 aromatic heterocycles. The molecule has 1 aromatic carbocycles. The number of benzene rings is 1. The van der Waals surface area contributed by atoms with Crippen LogP contribution in [0.1, 0.15) is 44.7 Å². The molecule has 0 amide bonds. The number of halogens is 1. The highest BCUT2D eigenvalue weighted by atomic mass is 127. The lowest BCUT2D eigenvalue weighted by atomic mass is 9.94. The Morgan fingerprint density at radius 2 is 1.96 bits per heavy atom. The lowest BCUT2D eigenvalue weighted by molar-refractivity contribution is 0.185. The first-order valence-electron chi connectivity index (χ1n) is 9.28. The van der Waals surface area contributed by atoms with Gasteiger partial charge < -0.3 is 20.5 Å². The summed E-state index contributed by atoms with van der Waals surface area (Å²) in [6.07, 6.45) is 1.93. The number of methoxy groups -OCH3 is 1. The van der Waals surface area contributed by atoms with Gasteiger partial charge in [0.1, 0.15) is 0 Å². The van der Waals surface area contributed by atoms with Gasteiger partial charge in [0, 0.05) is 26.8 Å². The van der Waals surface area contributed by atoms with Gasteiger partial charge in [-0.3, -0.25) is 0 Å². The molecule has 1 aromatic rings. The van der Waals surface area contributed by atoms with Gasteiger partial charge in [-0.1, -0.05) is 38.1 Å². The normalized spacial score (nSPS) is 12.6. The summed E-state index contributed by atoms with van der Waals surface area (Å²) in [5.41, 5.74) is 2.33. The van der Waals surface area contributed by atoms with E-state index in [0.29, 0.717) is 25.0 Å². The molecule has 5 nitrogen and oxygen atoms in total. The molecule has 1 unspecified atom stereocenters. The number of hydrogen-bond acceptors (Lipinski definition) is 3. The van der Waals surface area contributed by atoms with E-state index in [4.69, 9.17) is 4.74 Å². The molecule has 0 heterocycles. The van der Waals surface area contributed by atoms with E-state index in [1.807, 2.05) is 6.07 Å². The molecule has 0 radical (unpaired) electrons. The largest absolute Gasteiger partial charge is 0.396 e. The van der Waals surface area contributed by atoms with Crippen LogP contribution in [0.25, 0.3) is 0 Å². The van der Waals surface area contributed by atoms with E-state index in [-0.39, 0.29) is 30.6 Å². The second kappa shape index (κ2) is 15.2. The summed E-state index contributed by atoms with van der Waals surface area (Å²) in [5, 5.41) is 16.0. The second-order valence-electron chi connectivity index (χ2n) is 6.84. The zero-order chi connectivity index (χ0) is 18.5. The summed E-state index contributed by atoms with van der Waals surface area (Å²) < 4.78 is 5.19. The number of aliphatic hydroxyl groups excluding tert-OH is 1. The van der Waals surface area contributed by atoms with E-state index in [1.165, 1.54) is 5.56 Å². The fraction of sp³-hybridized carbons (Fsp3) is 0.650. The standard InChI is InChI=1S/C20H35N3O2.HI/c1-5-21-20(23-14-18(9-10-24)11-16(2)3)22-13-17-7-6-8-19(12-17)15-25-4;/h6-8,12,16,18,24H,5,9-11,13-15H2,1-4H3,(H2,21,22,23);1H. The van der Waals surface area contributed by atoms with Gasteiger partial charge in [0.25, 0.3) is 0 Å². The minimum atomic E-state index is 0. The molecule has 1 rings (SSSR count). The predicted octanol–water partition coefficient (Wildman–Crippen LogP) is 3.55. The Hall–Kier alpha value is -0.860. The van der Waals surface area contributed by atoms with Crippen LogP contribution in [0.5, 0.6) is 0 Å². The molecule has 3 N–H and O–H groups in total. The summed E-state index contributed by atoms with van der Waals surface area (Å²) in [4.78, 5) is 4.69. The number of aliphatic hydroxyl groups is 1. The van der Waals surface area contributed by atoms with Crippen LogP contribution in [-0.4, -0.2) is 37.9 Å². The van der Waals surface area contributed by atoms with Crippen LogP contribution < -0.4 is 10.6 Å². The van der Waals surface area contributed by atoms with Crippen molar-refractivity contribution in [3.8, 4) is 0 Å². The Kier molecular flexibility index (Phi) is 14.7. The average molecular weight is 477 g/mol. The van der Waals surface area contributed by atoms with Gasteiger partial charge in [0.15, 0.2) is 5.96 Å². The Morgan fingerprint density at radius 1 is 1.23 bits per heavy atom.